The molecule has 0 aromatic rings. The maximum atomic E-state index is 11.5. The fourth-order valence-electron chi connectivity index (χ4n) is 6.92. The third-order valence-electron chi connectivity index (χ3n) is 8.37. The van der Waals surface area contributed by atoms with Crippen molar-refractivity contribution in [2.75, 3.05) is 0 Å². The van der Waals surface area contributed by atoms with Crippen molar-refractivity contribution >= 4 is 5.97 Å². The predicted molar refractivity (Wildman–Crippen MR) is 96.0 cm³/mol. The Morgan fingerprint density at radius 3 is 2.58 bits per heavy atom. The van der Waals surface area contributed by atoms with Gasteiger partial charge in [-0.15, -0.1) is 0 Å². The fraction of sp³-hybridized carbons (Fsp3) is 0.857. The molecule has 0 aromatic heterocycles. The van der Waals surface area contributed by atoms with Crippen LogP contribution < -0.4 is 0 Å². The Bertz CT molecular complexity index is 630. The number of hydrogen-bond acceptors (Lipinski definition) is 5. The summed E-state index contributed by atoms with van der Waals surface area (Å²) in [6, 6.07) is 0. The van der Waals surface area contributed by atoms with Crippen molar-refractivity contribution in [1.82, 2.24) is 0 Å². The molecule has 0 unspecified atom stereocenters. The second-order valence-electron chi connectivity index (χ2n) is 9.66. The van der Waals surface area contributed by atoms with E-state index in [9.17, 15) is 20.1 Å². The molecule has 0 radical (unpaired) electrons. The molecule has 0 amide bonds. The SMILES string of the molecule is CC(=O)O[C@@H]1C[C@H]2[C@@H]3[C@@H](O)C=C4C[C@@H](O)CC[C@]4(C)[C@H]3CC[C@]2(C)[C@H]1O. The van der Waals surface area contributed by atoms with E-state index in [1.54, 1.807) is 0 Å². The third kappa shape index (κ3) is 2.50. The average Bonchev–Trinajstić information content (AvgIpc) is 2.80. The van der Waals surface area contributed by atoms with E-state index in [2.05, 4.69) is 13.8 Å². The second kappa shape index (κ2) is 6.05. The molecule has 0 spiro atoms. The first-order valence-electron chi connectivity index (χ1n) is 10.1. The molecular weight excluding hydrogens is 332 g/mol. The van der Waals surface area contributed by atoms with E-state index < -0.39 is 18.3 Å². The molecule has 146 valence electrons. The molecule has 5 nitrogen and oxygen atoms in total. The van der Waals surface area contributed by atoms with Crippen molar-refractivity contribution in [1.29, 1.82) is 0 Å². The maximum absolute atomic E-state index is 11.5. The van der Waals surface area contributed by atoms with Gasteiger partial charge in [0.1, 0.15) is 6.10 Å². The van der Waals surface area contributed by atoms with Crippen LogP contribution in [0.2, 0.25) is 0 Å². The second-order valence-corrected chi connectivity index (χ2v) is 9.66. The molecule has 5 heteroatoms. The van der Waals surface area contributed by atoms with Crippen LogP contribution in [0.25, 0.3) is 0 Å². The highest BCUT2D eigenvalue weighted by molar-refractivity contribution is 5.66. The smallest absolute Gasteiger partial charge is 0.302 e. The van der Waals surface area contributed by atoms with Crippen molar-refractivity contribution in [3.8, 4) is 0 Å². The minimum atomic E-state index is -0.670. The molecule has 3 saturated carbocycles. The minimum Gasteiger partial charge on any atom is -0.460 e. The minimum absolute atomic E-state index is 0.0227. The van der Waals surface area contributed by atoms with Crippen molar-refractivity contribution in [2.45, 2.75) is 83.7 Å². The molecule has 9 atom stereocenters. The van der Waals surface area contributed by atoms with Gasteiger partial charge in [-0.25, -0.2) is 0 Å². The quantitative estimate of drug-likeness (QED) is 0.490. The van der Waals surface area contributed by atoms with Gasteiger partial charge in [0.15, 0.2) is 0 Å². The zero-order chi connectivity index (χ0) is 18.9. The molecule has 0 saturated heterocycles. The molecule has 0 bridgehead atoms. The van der Waals surface area contributed by atoms with Gasteiger partial charge in [-0.1, -0.05) is 25.5 Å². The van der Waals surface area contributed by atoms with Crippen LogP contribution in [-0.2, 0) is 9.53 Å². The van der Waals surface area contributed by atoms with Crippen LogP contribution in [0.1, 0.15) is 59.3 Å². The summed E-state index contributed by atoms with van der Waals surface area (Å²) in [6.07, 6.45) is 4.89. The standard InChI is InChI=1S/C21H32O5/c1-11(22)26-17-10-15-18-14(5-7-21(15,3)19(17)25)20(2)6-4-13(23)8-12(20)9-16(18)24/h9,13-19,23-25H,4-8,10H2,1-3H3/t13-,14-,15-,16-,17+,18+,19-,20-,21-/m0/s1. The molecule has 0 aromatic carbocycles. The molecule has 3 fully saturated rings. The Kier molecular flexibility index (Phi) is 4.29. The lowest BCUT2D eigenvalue weighted by Crippen LogP contribution is -2.55. The number of ether oxygens (including phenoxy) is 1. The topological polar surface area (TPSA) is 87.0 Å². The average molecular weight is 364 g/mol. The number of rotatable bonds is 1. The fourth-order valence-corrected chi connectivity index (χ4v) is 6.92. The summed E-state index contributed by atoms with van der Waals surface area (Å²) in [5, 5.41) is 32.0. The van der Waals surface area contributed by atoms with Crippen molar-refractivity contribution < 1.29 is 24.9 Å². The largest absolute Gasteiger partial charge is 0.460 e. The van der Waals surface area contributed by atoms with Gasteiger partial charge in [0.05, 0.1) is 18.3 Å². The highest BCUT2D eigenvalue weighted by Crippen LogP contribution is 2.65. The van der Waals surface area contributed by atoms with Crippen LogP contribution >= 0.6 is 0 Å². The Morgan fingerprint density at radius 1 is 1.15 bits per heavy atom. The van der Waals surface area contributed by atoms with Gasteiger partial charge in [0.2, 0.25) is 0 Å². The van der Waals surface area contributed by atoms with E-state index in [0.29, 0.717) is 18.8 Å². The monoisotopic (exact) mass is 364 g/mol. The van der Waals surface area contributed by atoms with Gasteiger partial charge in [-0.3, -0.25) is 4.79 Å². The first-order chi connectivity index (χ1) is 12.2. The Labute approximate surface area is 155 Å². The van der Waals surface area contributed by atoms with E-state index in [0.717, 1.165) is 25.7 Å². The summed E-state index contributed by atoms with van der Waals surface area (Å²) >= 11 is 0. The van der Waals surface area contributed by atoms with Crippen LogP contribution in [-0.4, -0.2) is 45.7 Å². The van der Waals surface area contributed by atoms with Crippen molar-refractivity contribution in [3.63, 3.8) is 0 Å². The van der Waals surface area contributed by atoms with Crippen molar-refractivity contribution in [2.24, 2.45) is 28.6 Å². The first kappa shape index (κ1) is 18.5. The molecular formula is C21H32O5. The van der Waals surface area contributed by atoms with E-state index >= 15 is 0 Å². The highest BCUT2D eigenvalue weighted by Gasteiger charge is 2.63. The van der Waals surface area contributed by atoms with Crippen LogP contribution in [0, 0.1) is 28.6 Å². The van der Waals surface area contributed by atoms with Gasteiger partial charge < -0.3 is 20.1 Å². The molecule has 26 heavy (non-hydrogen) atoms. The molecule has 4 rings (SSSR count). The van der Waals surface area contributed by atoms with Gasteiger partial charge in [-0.2, -0.15) is 0 Å². The Balaban J connectivity index is 1.68. The maximum Gasteiger partial charge on any atom is 0.302 e. The number of aliphatic hydroxyl groups is 3. The van der Waals surface area contributed by atoms with E-state index in [1.165, 1.54) is 12.5 Å². The number of carbonyl (C=O) groups is 1. The van der Waals surface area contributed by atoms with Crippen LogP contribution in [0.4, 0.5) is 0 Å². The van der Waals surface area contributed by atoms with E-state index in [1.807, 2.05) is 6.08 Å². The molecule has 3 N–H and O–H groups in total. The summed E-state index contributed by atoms with van der Waals surface area (Å²) in [5.74, 6) is 0.212. The van der Waals surface area contributed by atoms with E-state index in [-0.39, 0.29) is 34.7 Å². The highest BCUT2D eigenvalue weighted by atomic mass is 16.6. The zero-order valence-corrected chi connectivity index (χ0v) is 16.0. The molecule has 0 heterocycles. The first-order valence-corrected chi connectivity index (χ1v) is 10.1. The van der Waals surface area contributed by atoms with Gasteiger partial charge in [0.25, 0.3) is 0 Å². The lowest BCUT2D eigenvalue weighted by molar-refractivity contribution is -0.153. The number of aliphatic hydroxyl groups excluding tert-OH is 3. The number of carbonyl (C=O) groups excluding carboxylic acids is 1. The van der Waals surface area contributed by atoms with Crippen LogP contribution in [0.3, 0.4) is 0 Å². The van der Waals surface area contributed by atoms with Gasteiger partial charge in [-0.05, 0) is 61.7 Å². The van der Waals surface area contributed by atoms with Crippen molar-refractivity contribution in [3.05, 3.63) is 11.6 Å². The normalized spacial score (nSPS) is 53.2. The van der Waals surface area contributed by atoms with Crippen LogP contribution in [0.5, 0.6) is 0 Å². The third-order valence-corrected chi connectivity index (χ3v) is 8.37. The van der Waals surface area contributed by atoms with E-state index in [4.69, 9.17) is 4.74 Å². The summed E-state index contributed by atoms with van der Waals surface area (Å²) in [5.41, 5.74) is 0.913. The van der Waals surface area contributed by atoms with Crippen LogP contribution in [0.15, 0.2) is 11.6 Å². The number of fused-ring (bicyclic) bond motifs is 5. The van der Waals surface area contributed by atoms with Gasteiger partial charge >= 0.3 is 5.97 Å². The summed E-state index contributed by atoms with van der Waals surface area (Å²) in [4.78, 5) is 11.5. The number of esters is 1. The van der Waals surface area contributed by atoms with Gasteiger partial charge in [0, 0.05) is 12.3 Å². The lowest BCUT2D eigenvalue weighted by Gasteiger charge is -2.58. The molecule has 4 aliphatic carbocycles. The Hall–Kier alpha value is -0.910. The zero-order valence-electron chi connectivity index (χ0n) is 16.0. The summed E-state index contributed by atoms with van der Waals surface area (Å²) in [6.45, 7) is 5.78. The predicted octanol–water partition coefficient (Wildman–Crippen LogP) is 2.18. The molecule has 0 aliphatic heterocycles. The number of hydrogen-bond donors (Lipinski definition) is 3. The summed E-state index contributed by atoms with van der Waals surface area (Å²) < 4.78 is 5.42. The lowest BCUT2D eigenvalue weighted by atomic mass is 9.47. The molecule has 4 aliphatic rings. The Morgan fingerprint density at radius 2 is 1.88 bits per heavy atom. The summed E-state index contributed by atoms with van der Waals surface area (Å²) in [7, 11) is 0.